The van der Waals surface area contributed by atoms with E-state index in [9.17, 15) is 14.4 Å². The minimum atomic E-state index is -0.423. The summed E-state index contributed by atoms with van der Waals surface area (Å²) in [4.78, 5) is 50.5. The molecule has 0 bridgehead atoms. The highest BCUT2D eigenvalue weighted by molar-refractivity contribution is 6.06. The van der Waals surface area contributed by atoms with Crippen LogP contribution in [0.25, 0.3) is 0 Å². The number of hydrogen-bond acceptors (Lipinski definition) is 6. The van der Waals surface area contributed by atoms with Crippen LogP contribution in [0.15, 0.2) is 30.5 Å². The number of urea groups is 1. The number of benzene rings is 1. The largest absolute Gasteiger partial charge is 0.447 e. The molecule has 1 N–H and O–H groups in total. The van der Waals surface area contributed by atoms with Gasteiger partial charge < -0.3 is 19.9 Å². The Morgan fingerprint density at radius 2 is 1.86 bits per heavy atom. The molecule has 6 rings (SSSR count). The summed E-state index contributed by atoms with van der Waals surface area (Å²) in [7, 11) is 0. The predicted molar refractivity (Wildman–Crippen MR) is 140 cm³/mol. The number of nitrogens with zero attached hydrogens (tertiary/aromatic N) is 5. The van der Waals surface area contributed by atoms with Crippen molar-refractivity contribution in [2.45, 2.75) is 38.6 Å². The van der Waals surface area contributed by atoms with Crippen LogP contribution < -0.4 is 20.0 Å². The van der Waals surface area contributed by atoms with E-state index in [4.69, 9.17) is 9.72 Å². The Balaban J connectivity index is 1.22. The number of rotatable bonds is 5. The second-order valence-corrected chi connectivity index (χ2v) is 10.3. The molecule has 3 saturated heterocycles. The maximum atomic E-state index is 13.7. The van der Waals surface area contributed by atoms with Crippen molar-refractivity contribution in [2.24, 2.45) is 0 Å². The fraction of sp³-hybridized carbons (Fsp3) is 0.481. The first kappa shape index (κ1) is 23.6. The second kappa shape index (κ2) is 9.24. The van der Waals surface area contributed by atoms with Gasteiger partial charge >= 0.3 is 12.1 Å². The highest BCUT2D eigenvalue weighted by Gasteiger charge is 2.34. The van der Waals surface area contributed by atoms with E-state index < -0.39 is 6.09 Å². The molecule has 0 spiro atoms. The van der Waals surface area contributed by atoms with Crippen molar-refractivity contribution in [3.05, 3.63) is 47.2 Å². The molecule has 37 heavy (non-hydrogen) atoms. The first-order valence-corrected chi connectivity index (χ1v) is 13.1. The number of hydrogen-bond donors (Lipinski definition) is 1. The maximum Gasteiger partial charge on any atom is 0.414 e. The van der Waals surface area contributed by atoms with Crippen molar-refractivity contribution in [2.75, 3.05) is 60.6 Å². The van der Waals surface area contributed by atoms with Gasteiger partial charge in [0.1, 0.15) is 12.4 Å². The summed E-state index contributed by atoms with van der Waals surface area (Å²) < 4.78 is 5.18. The Labute approximate surface area is 216 Å². The zero-order chi connectivity index (χ0) is 25.7. The quantitative estimate of drug-likeness (QED) is 0.672. The van der Waals surface area contributed by atoms with E-state index in [0.29, 0.717) is 68.7 Å². The van der Waals surface area contributed by atoms with Gasteiger partial charge in [-0.3, -0.25) is 14.6 Å². The SMILES string of the molecule is Cc1cc(C2CC2)cnc1N1CCN(C(=O)c2ccc(N3C(=O)OC[C@H]3C)cc2N2CCNC2=O)CC1. The molecule has 194 valence electrons. The number of carbonyl (C=O) groups is 3. The van der Waals surface area contributed by atoms with Crippen LogP contribution in [0.2, 0.25) is 0 Å². The summed E-state index contributed by atoms with van der Waals surface area (Å²) in [5.74, 6) is 1.54. The highest BCUT2D eigenvalue weighted by Crippen LogP contribution is 2.40. The molecular formula is C27H32N6O4. The molecule has 1 aromatic carbocycles. The molecule has 1 saturated carbocycles. The van der Waals surface area contributed by atoms with Crippen molar-refractivity contribution in [3.8, 4) is 0 Å². The van der Waals surface area contributed by atoms with Gasteiger partial charge in [0.25, 0.3) is 5.91 Å². The van der Waals surface area contributed by atoms with E-state index in [0.717, 1.165) is 5.82 Å². The van der Waals surface area contributed by atoms with E-state index >= 15 is 0 Å². The fourth-order valence-corrected chi connectivity index (χ4v) is 5.50. The zero-order valence-electron chi connectivity index (χ0n) is 21.3. The van der Waals surface area contributed by atoms with Gasteiger partial charge in [0.2, 0.25) is 0 Å². The third-order valence-electron chi connectivity index (χ3n) is 7.71. The molecule has 1 aromatic heterocycles. The van der Waals surface area contributed by atoms with Crippen molar-refractivity contribution >= 4 is 35.2 Å². The molecular weight excluding hydrogens is 472 g/mol. The molecule has 10 nitrogen and oxygen atoms in total. The number of piperazine rings is 1. The summed E-state index contributed by atoms with van der Waals surface area (Å²) >= 11 is 0. The van der Waals surface area contributed by atoms with Gasteiger partial charge in [-0.25, -0.2) is 14.6 Å². The van der Waals surface area contributed by atoms with Gasteiger partial charge in [-0.1, -0.05) is 6.07 Å². The van der Waals surface area contributed by atoms with Crippen LogP contribution in [0.5, 0.6) is 0 Å². The number of aromatic nitrogens is 1. The lowest BCUT2D eigenvalue weighted by atomic mass is 10.1. The normalized spacial score (nSPS) is 21.9. The summed E-state index contributed by atoms with van der Waals surface area (Å²) in [5.41, 5.74) is 4.09. The molecule has 1 atom stereocenters. The first-order chi connectivity index (χ1) is 17.9. The lowest BCUT2D eigenvalue weighted by Gasteiger charge is -2.36. The molecule has 4 aliphatic rings. The molecule has 10 heteroatoms. The van der Waals surface area contributed by atoms with Crippen LogP contribution in [-0.4, -0.2) is 79.8 Å². The lowest BCUT2D eigenvalue weighted by molar-refractivity contribution is 0.0747. The third kappa shape index (κ3) is 4.34. The Bertz CT molecular complexity index is 1250. The number of aryl methyl sites for hydroxylation is 1. The molecule has 0 unspecified atom stereocenters. The average molecular weight is 505 g/mol. The minimum absolute atomic E-state index is 0.119. The van der Waals surface area contributed by atoms with Crippen molar-refractivity contribution in [3.63, 3.8) is 0 Å². The number of ether oxygens (including phenoxy) is 1. The minimum Gasteiger partial charge on any atom is -0.447 e. The summed E-state index contributed by atoms with van der Waals surface area (Å²) in [5, 5.41) is 2.81. The van der Waals surface area contributed by atoms with E-state index in [2.05, 4.69) is 23.2 Å². The van der Waals surface area contributed by atoms with Crippen LogP contribution in [0.1, 0.15) is 47.2 Å². The Morgan fingerprint density at radius 3 is 2.49 bits per heavy atom. The zero-order valence-corrected chi connectivity index (χ0v) is 21.3. The predicted octanol–water partition coefficient (Wildman–Crippen LogP) is 3.10. The van der Waals surface area contributed by atoms with Gasteiger partial charge in [-0.15, -0.1) is 0 Å². The van der Waals surface area contributed by atoms with Gasteiger partial charge in [-0.05, 0) is 61.9 Å². The van der Waals surface area contributed by atoms with Crippen LogP contribution >= 0.6 is 0 Å². The monoisotopic (exact) mass is 504 g/mol. The van der Waals surface area contributed by atoms with Crippen molar-refractivity contribution in [1.82, 2.24) is 15.2 Å². The number of nitrogens with one attached hydrogen (secondary N) is 1. The van der Waals surface area contributed by atoms with Crippen LogP contribution in [0.4, 0.5) is 26.8 Å². The van der Waals surface area contributed by atoms with Crippen LogP contribution in [0.3, 0.4) is 0 Å². The van der Waals surface area contributed by atoms with Crippen LogP contribution in [0, 0.1) is 6.92 Å². The summed E-state index contributed by atoms with van der Waals surface area (Å²) in [6.07, 6.45) is 4.09. The van der Waals surface area contributed by atoms with Gasteiger partial charge in [0, 0.05) is 51.2 Å². The third-order valence-corrected chi connectivity index (χ3v) is 7.71. The maximum absolute atomic E-state index is 13.7. The summed E-state index contributed by atoms with van der Waals surface area (Å²) in [6.45, 7) is 7.79. The fourth-order valence-electron chi connectivity index (χ4n) is 5.50. The number of carbonyl (C=O) groups excluding carboxylic acids is 3. The van der Waals surface area contributed by atoms with Crippen molar-refractivity contribution in [1.29, 1.82) is 0 Å². The second-order valence-electron chi connectivity index (χ2n) is 10.3. The molecule has 2 aromatic rings. The van der Waals surface area contributed by atoms with Gasteiger partial charge in [0.15, 0.2) is 0 Å². The molecule has 3 aliphatic heterocycles. The lowest BCUT2D eigenvalue weighted by Crippen LogP contribution is -2.49. The molecule has 1 aliphatic carbocycles. The highest BCUT2D eigenvalue weighted by atomic mass is 16.6. The molecule has 4 amide bonds. The standard InChI is InChI=1S/C27H32N6O4/c1-17-13-20(19-3-4-19)15-29-24(17)30-9-11-31(12-10-30)25(34)22-6-5-21(33-18(2)16-37-27(33)36)14-23(22)32-8-7-28-26(32)35/h5-6,13-15,18-19H,3-4,7-12,16H2,1-2H3,(H,28,35)/t18-/m1/s1. The van der Waals surface area contributed by atoms with E-state index in [1.54, 1.807) is 28.0 Å². The first-order valence-electron chi connectivity index (χ1n) is 13.1. The number of anilines is 3. The van der Waals surface area contributed by atoms with Crippen LogP contribution in [-0.2, 0) is 4.74 Å². The Morgan fingerprint density at radius 1 is 1.08 bits per heavy atom. The molecule has 0 radical (unpaired) electrons. The van der Waals surface area contributed by atoms with E-state index in [-0.39, 0.29) is 18.0 Å². The van der Waals surface area contributed by atoms with Gasteiger partial charge in [-0.2, -0.15) is 0 Å². The Kier molecular flexibility index (Phi) is 5.89. The van der Waals surface area contributed by atoms with Crippen molar-refractivity contribution < 1.29 is 19.1 Å². The van der Waals surface area contributed by atoms with E-state index in [1.807, 2.05) is 18.0 Å². The topological polar surface area (TPSA) is 98.3 Å². The number of cyclic esters (lactones) is 1. The molecule has 4 fully saturated rings. The summed E-state index contributed by atoms with van der Waals surface area (Å²) in [6, 6.07) is 7.13. The average Bonchev–Trinajstić information content (AvgIpc) is 3.59. The smallest absolute Gasteiger partial charge is 0.414 e. The molecule has 4 heterocycles. The van der Waals surface area contributed by atoms with E-state index in [1.165, 1.54) is 24.0 Å². The Hall–Kier alpha value is -3.82. The number of amides is 4. The number of pyridine rings is 1. The van der Waals surface area contributed by atoms with Gasteiger partial charge in [0.05, 0.1) is 17.3 Å².